The maximum atomic E-state index is 13.1. The van der Waals surface area contributed by atoms with Crippen molar-refractivity contribution in [3.8, 4) is 0 Å². The van der Waals surface area contributed by atoms with Gasteiger partial charge in [0.05, 0.1) is 18.8 Å². The molecule has 3 unspecified atom stereocenters. The topological polar surface area (TPSA) is 32.8 Å². The molecule has 2 aliphatic rings. The van der Waals surface area contributed by atoms with Crippen molar-refractivity contribution in [3.63, 3.8) is 0 Å². The molecule has 1 aromatic rings. The third-order valence-corrected chi connectivity index (χ3v) is 6.10. The molecule has 2 fully saturated rings. The van der Waals surface area contributed by atoms with Gasteiger partial charge in [0.2, 0.25) is 5.91 Å². The van der Waals surface area contributed by atoms with Crippen molar-refractivity contribution >= 4 is 21.8 Å². The Hall–Kier alpha value is -0.910. The molecule has 0 saturated carbocycles. The smallest absolute Gasteiger partial charge is 0.239 e. The maximum Gasteiger partial charge on any atom is 0.239 e. The van der Waals surface area contributed by atoms with Gasteiger partial charge in [0.1, 0.15) is 0 Å². The maximum absolute atomic E-state index is 13.1. The minimum absolute atomic E-state index is 0.0322. The van der Waals surface area contributed by atoms with Crippen LogP contribution in [0.3, 0.4) is 0 Å². The fourth-order valence-electron chi connectivity index (χ4n) is 4.04. The first-order valence-corrected chi connectivity index (χ1v) is 10.3. The zero-order chi connectivity index (χ0) is 17.8. The van der Waals surface area contributed by atoms with Gasteiger partial charge in [-0.15, -0.1) is 0 Å². The SMILES string of the molecule is CCC1CCCCN1C(=O)C(C)N1CCOC(c2cccc(Br)c2)C1. The summed E-state index contributed by atoms with van der Waals surface area (Å²) < 4.78 is 7.04. The fourth-order valence-corrected chi connectivity index (χ4v) is 4.46. The van der Waals surface area contributed by atoms with Crippen molar-refractivity contribution < 1.29 is 9.53 Å². The Labute approximate surface area is 159 Å². The molecule has 138 valence electrons. The first-order valence-electron chi connectivity index (χ1n) is 9.51. The van der Waals surface area contributed by atoms with Gasteiger partial charge in [0.15, 0.2) is 0 Å². The highest BCUT2D eigenvalue weighted by molar-refractivity contribution is 9.10. The number of morpholine rings is 1. The van der Waals surface area contributed by atoms with E-state index in [4.69, 9.17) is 4.74 Å². The lowest BCUT2D eigenvalue weighted by Gasteiger charge is -2.41. The molecule has 0 spiro atoms. The monoisotopic (exact) mass is 408 g/mol. The first kappa shape index (κ1) is 18.9. The Morgan fingerprint density at radius 2 is 2.20 bits per heavy atom. The molecule has 0 bridgehead atoms. The second kappa shape index (κ2) is 8.65. The highest BCUT2D eigenvalue weighted by Crippen LogP contribution is 2.27. The number of likely N-dealkylation sites (tertiary alicyclic amines) is 1. The standard InChI is InChI=1S/C20H29BrN2O2/c1-3-18-9-4-5-10-23(18)20(24)15(2)22-11-12-25-19(14-22)16-7-6-8-17(21)13-16/h6-8,13,15,18-19H,3-5,9-12,14H2,1-2H3. The minimum atomic E-state index is -0.0781. The second-order valence-electron chi connectivity index (χ2n) is 7.17. The normalized spacial score (nSPS) is 26.4. The van der Waals surface area contributed by atoms with Crippen molar-refractivity contribution in [2.75, 3.05) is 26.2 Å². The van der Waals surface area contributed by atoms with E-state index in [1.165, 1.54) is 12.0 Å². The number of benzene rings is 1. The van der Waals surface area contributed by atoms with Crippen LogP contribution in [-0.4, -0.2) is 54.0 Å². The van der Waals surface area contributed by atoms with Crippen LogP contribution >= 0.6 is 15.9 Å². The summed E-state index contributed by atoms with van der Waals surface area (Å²) in [6, 6.07) is 8.62. The number of hydrogen-bond acceptors (Lipinski definition) is 3. The molecule has 2 saturated heterocycles. The second-order valence-corrected chi connectivity index (χ2v) is 8.09. The lowest BCUT2D eigenvalue weighted by molar-refractivity contribution is -0.143. The summed E-state index contributed by atoms with van der Waals surface area (Å²) >= 11 is 3.53. The number of carbonyl (C=O) groups is 1. The summed E-state index contributed by atoms with van der Waals surface area (Å²) in [6.07, 6.45) is 4.63. The van der Waals surface area contributed by atoms with Crippen LogP contribution in [0.15, 0.2) is 28.7 Å². The molecule has 2 heterocycles. The van der Waals surface area contributed by atoms with Gasteiger partial charge in [-0.2, -0.15) is 0 Å². The third kappa shape index (κ3) is 4.44. The van der Waals surface area contributed by atoms with Gasteiger partial charge < -0.3 is 9.64 Å². The van der Waals surface area contributed by atoms with Gasteiger partial charge >= 0.3 is 0 Å². The van der Waals surface area contributed by atoms with Crippen molar-refractivity contribution in [1.29, 1.82) is 0 Å². The molecule has 4 nitrogen and oxygen atoms in total. The van der Waals surface area contributed by atoms with Crippen molar-refractivity contribution in [1.82, 2.24) is 9.80 Å². The number of hydrogen-bond donors (Lipinski definition) is 0. The number of rotatable bonds is 4. The van der Waals surface area contributed by atoms with Crippen molar-refractivity contribution in [3.05, 3.63) is 34.3 Å². The first-order chi connectivity index (χ1) is 12.1. The highest BCUT2D eigenvalue weighted by Gasteiger charge is 2.34. The predicted molar refractivity (Wildman–Crippen MR) is 104 cm³/mol. The molecule has 0 N–H and O–H groups in total. The van der Waals surface area contributed by atoms with Crippen LogP contribution in [0.25, 0.3) is 0 Å². The van der Waals surface area contributed by atoms with Crippen LogP contribution < -0.4 is 0 Å². The number of nitrogens with zero attached hydrogens (tertiary/aromatic N) is 2. The Balaban J connectivity index is 1.67. The number of carbonyl (C=O) groups excluding carboxylic acids is 1. The molecular formula is C20H29BrN2O2. The van der Waals surface area contributed by atoms with E-state index < -0.39 is 0 Å². The van der Waals surface area contributed by atoms with Crippen LogP contribution in [0.2, 0.25) is 0 Å². The number of amides is 1. The molecule has 25 heavy (non-hydrogen) atoms. The molecule has 0 radical (unpaired) electrons. The van der Waals surface area contributed by atoms with Gasteiger partial charge in [-0.1, -0.05) is 35.0 Å². The van der Waals surface area contributed by atoms with E-state index in [2.05, 4.69) is 51.7 Å². The van der Waals surface area contributed by atoms with Gasteiger partial charge in [-0.3, -0.25) is 9.69 Å². The zero-order valence-corrected chi connectivity index (χ0v) is 16.9. The van der Waals surface area contributed by atoms with Crippen LogP contribution in [0.4, 0.5) is 0 Å². The van der Waals surface area contributed by atoms with Gasteiger partial charge in [0, 0.05) is 30.1 Å². The van der Waals surface area contributed by atoms with E-state index in [1.54, 1.807) is 0 Å². The van der Waals surface area contributed by atoms with Gasteiger partial charge in [-0.25, -0.2) is 0 Å². The molecule has 2 aliphatic heterocycles. The molecule has 5 heteroatoms. The zero-order valence-electron chi connectivity index (χ0n) is 15.3. The molecule has 1 aromatic carbocycles. The van der Waals surface area contributed by atoms with Crippen LogP contribution in [0.1, 0.15) is 51.2 Å². The fraction of sp³-hybridized carbons (Fsp3) is 0.650. The molecule has 3 atom stereocenters. The van der Waals surface area contributed by atoms with E-state index in [-0.39, 0.29) is 12.1 Å². The third-order valence-electron chi connectivity index (χ3n) is 5.60. The van der Waals surface area contributed by atoms with Crippen LogP contribution in [-0.2, 0) is 9.53 Å². The quantitative estimate of drug-likeness (QED) is 0.754. The van der Waals surface area contributed by atoms with E-state index in [0.29, 0.717) is 18.6 Å². The lowest BCUT2D eigenvalue weighted by atomic mass is 9.98. The summed E-state index contributed by atoms with van der Waals surface area (Å²) in [4.78, 5) is 17.5. The minimum Gasteiger partial charge on any atom is -0.371 e. The van der Waals surface area contributed by atoms with E-state index in [0.717, 1.165) is 43.4 Å². The van der Waals surface area contributed by atoms with E-state index in [1.807, 2.05) is 12.1 Å². The average Bonchev–Trinajstić information content (AvgIpc) is 2.67. The largest absolute Gasteiger partial charge is 0.371 e. The summed E-state index contributed by atoms with van der Waals surface area (Å²) in [7, 11) is 0. The van der Waals surface area contributed by atoms with Crippen molar-refractivity contribution in [2.45, 2.75) is 57.7 Å². The van der Waals surface area contributed by atoms with Gasteiger partial charge in [0.25, 0.3) is 0 Å². The molecule has 3 rings (SSSR count). The Bertz CT molecular complexity index is 595. The Morgan fingerprint density at radius 3 is 2.96 bits per heavy atom. The number of ether oxygens (including phenoxy) is 1. The average molecular weight is 409 g/mol. The Morgan fingerprint density at radius 1 is 1.36 bits per heavy atom. The van der Waals surface area contributed by atoms with Crippen molar-refractivity contribution in [2.24, 2.45) is 0 Å². The molecular weight excluding hydrogens is 380 g/mol. The molecule has 0 aliphatic carbocycles. The lowest BCUT2D eigenvalue weighted by Crippen LogP contribution is -2.54. The van der Waals surface area contributed by atoms with E-state index in [9.17, 15) is 4.79 Å². The van der Waals surface area contributed by atoms with Crippen LogP contribution in [0.5, 0.6) is 0 Å². The highest BCUT2D eigenvalue weighted by atomic mass is 79.9. The summed E-state index contributed by atoms with van der Waals surface area (Å²) in [5, 5.41) is 0. The van der Waals surface area contributed by atoms with E-state index >= 15 is 0 Å². The van der Waals surface area contributed by atoms with Crippen LogP contribution in [0, 0.1) is 0 Å². The summed E-state index contributed by atoms with van der Waals surface area (Å²) in [5.41, 5.74) is 1.17. The van der Waals surface area contributed by atoms with Gasteiger partial charge in [-0.05, 0) is 50.3 Å². The Kier molecular flexibility index (Phi) is 6.53. The number of piperidine rings is 1. The molecule has 1 amide bonds. The predicted octanol–water partition coefficient (Wildman–Crippen LogP) is 4.00. The summed E-state index contributed by atoms with van der Waals surface area (Å²) in [6.45, 7) is 7.44. The molecule has 0 aromatic heterocycles. The summed E-state index contributed by atoms with van der Waals surface area (Å²) in [5.74, 6) is 0.293. The number of halogens is 1.